The van der Waals surface area contributed by atoms with Crippen molar-refractivity contribution in [3.8, 4) is 0 Å². The monoisotopic (exact) mass is 277 g/mol. The molecule has 0 amide bonds. The van der Waals surface area contributed by atoms with Crippen LogP contribution >= 0.6 is 0 Å². The zero-order valence-corrected chi connectivity index (χ0v) is 11.7. The van der Waals surface area contributed by atoms with E-state index in [2.05, 4.69) is 5.32 Å². The van der Waals surface area contributed by atoms with E-state index in [1.54, 1.807) is 24.3 Å². The van der Waals surface area contributed by atoms with Gasteiger partial charge in [-0.3, -0.25) is 9.59 Å². The van der Waals surface area contributed by atoms with Gasteiger partial charge in [-0.2, -0.15) is 0 Å². The third-order valence-corrected chi connectivity index (χ3v) is 3.54. The normalized spacial score (nSPS) is 14.1. The minimum atomic E-state index is -0.120. The third kappa shape index (κ3) is 2.17. The van der Waals surface area contributed by atoms with E-state index in [0.717, 1.165) is 5.56 Å². The Morgan fingerprint density at radius 3 is 2.00 bits per heavy atom. The van der Waals surface area contributed by atoms with Crippen LogP contribution in [0.5, 0.6) is 0 Å². The lowest BCUT2D eigenvalue weighted by Gasteiger charge is -2.21. The molecule has 0 aliphatic heterocycles. The fourth-order valence-corrected chi connectivity index (χ4v) is 2.60. The number of hydrogen-bond acceptors (Lipinski definition) is 3. The van der Waals surface area contributed by atoms with Gasteiger partial charge >= 0.3 is 0 Å². The number of benzene rings is 2. The van der Waals surface area contributed by atoms with Crippen molar-refractivity contribution in [2.75, 3.05) is 6.54 Å². The number of fused-ring (bicyclic) bond motifs is 1. The Balaban J connectivity index is 2.25. The number of hydrogen-bond donors (Lipinski definition) is 1. The molecule has 2 aromatic rings. The maximum Gasteiger partial charge on any atom is 0.210 e. The van der Waals surface area contributed by atoms with Crippen LogP contribution in [-0.4, -0.2) is 18.1 Å². The molecule has 104 valence electrons. The van der Waals surface area contributed by atoms with E-state index in [4.69, 9.17) is 0 Å². The summed E-state index contributed by atoms with van der Waals surface area (Å²) < 4.78 is 0. The molecule has 0 heterocycles. The molecule has 0 fully saturated rings. The van der Waals surface area contributed by atoms with Crippen molar-refractivity contribution < 1.29 is 9.59 Å². The molecule has 3 nitrogen and oxygen atoms in total. The van der Waals surface area contributed by atoms with E-state index in [1.165, 1.54) is 0 Å². The Bertz CT molecular complexity index is 745. The summed E-state index contributed by atoms with van der Waals surface area (Å²) in [7, 11) is 0. The van der Waals surface area contributed by atoms with E-state index in [0.29, 0.717) is 28.9 Å². The third-order valence-electron chi connectivity index (χ3n) is 3.54. The Morgan fingerprint density at radius 2 is 1.38 bits per heavy atom. The lowest BCUT2D eigenvalue weighted by molar-refractivity contribution is 0.0986. The highest BCUT2D eigenvalue weighted by molar-refractivity contribution is 6.40. The Morgan fingerprint density at radius 1 is 0.810 bits per heavy atom. The highest BCUT2D eigenvalue weighted by Gasteiger charge is 2.32. The van der Waals surface area contributed by atoms with Crippen molar-refractivity contribution in [1.82, 2.24) is 5.32 Å². The molecule has 1 N–H and O–H groups in total. The number of Topliss-reactive ketones (excluding diaryl/α,β-unsaturated/α-hetero) is 2. The number of ketones is 2. The van der Waals surface area contributed by atoms with Crippen molar-refractivity contribution >= 4 is 17.1 Å². The Kier molecular flexibility index (Phi) is 3.40. The van der Waals surface area contributed by atoms with Gasteiger partial charge in [0.25, 0.3) is 0 Å². The van der Waals surface area contributed by atoms with Gasteiger partial charge in [0.05, 0.1) is 11.3 Å². The van der Waals surface area contributed by atoms with Gasteiger partial charge in [-0.1, -0.05) is 54.6 Å². The van der Waals surface area contributed by atoms with Crippen LogP contribution in [0.1, 0.15) is 33.2 Å². The summed E-state index contributed by atoms with van der Waals surface area (Å²) >= 11 is 0. The summed E-state index contributed by atoms with van der Waals surface area (Å²) in [6.07, 6.45) is 0. The number of carbonyl (C=O) groups is 2. The topological polar surface area (TPSA) is 46.2 Å². The molecule has 0 aromatic heterocycles. The van der Waals surface area contributed by atoms with E-state index in [-0.39, 0.29) is 11.6 Å². The van der Waals surface area contributed by atoms with E-state index < -0.39 is 0 Å². The van der Waals surface area contributed by atoms with Crippen LogP contribution < -0.4 is 5.32 Å². The fraction of sp³-hybridized carbons (Fsp3) is 0.111. The molecule has 0 saturated carbocycles. The molecule has 21 heavy (non-hydrogen) atoms. The molecule has 0 saturated heterocycles. The fourth-order valence-electron chi connectivity index (χ4n) is 2.60. The minimum absolute atomic E-state index is 0.104. The highest BCUT2D eigenvalue weighted by Crippen LogP contribution is 2.31. The van der Waals surface area contributed by atoms with Crippen LogP contribution in [0, 0.1) is 0 Å². The van der Waals surface area contributed by atoms with Crippen LogP contribution in [0.3, 0.4) is 0 Å². The second kappa shape index (κ2) is 5.37. The van der Waals surface area contributed by atoms with E-state index >= 15 is 0 Å². The van der Waals surface area contributed by atoms with Crippen molar-refractivity contribution in [2.45, 2.75) is 6.92 Å². The Labute approximate surface area is 123 Å². The average molecular weight is 277 g/mol. The first-order valence-corrected chi connectivity index (χ1v) is 6.96. The Hall–Kier alpha value is -2.68. The molecule has 3 heteroatoms. The van der Waals surface area contributed by atoms with Gasteiger partial charge in [0, 0.05) is 17.7 Å². The van der Waals surface area contributed by atoms with Gasteiger partial charge in [0.1, 0.15) is 0 Å². The summed E-state index contributed by atoms with van der Waals surface area (Å²) in [4.78, 5) is 25.5. The van der Waals surface area contributed by atoms with E-state index in [1.807, 2.05) is 37.3 Å². The molecule has 0 bridgehead atoms. The first-order valence-electron chi connectivity index (χ1n) is 6.96. The van der Waals surface area contributed by atoms with Crippen molar-refractivity contribution in [3.63, 3.8) is 0 Å². The summed E-state index contributed by atoms with van der Waals surface area (Å²) in [6, 6.07) is 16.3. The molecule has 1 aliphatic rings. The molecule has 1 aliphatic carbocycles. The van der Waals surface area contributed by atoms with Crippen LogP contribution in [0.15, 0.2) is 60.3 Å². The molecule has 0 spiro atoms. The standard InChI is InChI=1S/C18H15NO2/c1-2-19-16-15(12-8-4-3-5-9-12)17(20)13-10-6-7-11-14(13)18(16)21/h3-11,19H,2H2,1H3. The lowest BCUT2D eigenvalue weighted by atomic mass is 9.84. The predicted molar refractivity (Wildman–Crippen MR) is 82.1 cm³/mol. The number of allylic oxidation sites excluding steroid dienone is 2. The quantitative estimate of drug-likeness (QED) is 0.937. The number of rotatable bonds is 3. The second-order valence-corrected chi connectivity index (χ2v) is 4.85. The predicted octanol–water partition coefficient (Wildman–Crippen LogP) is 3.09. The van der Waals surface area contributed by atoms with Crippen molar-refractivity contribution in [1.29, 1.82) is 0 Å². The van der Waals surface area contributed by atoms with Crippen LogP contribution in [0.25, 0.3) is 5.57 Å². The van der Waals surface area contributed by atoms with Gasteiger partial charge in [-0.25, -0.2) is 0 Å². The summed E-state index contributed by atoms with van der Waals surface area (Å²) in [5.41, 5.74) is 2.57. The molecule has 0 atom stereocenters. The zero-order valence-electron chi connectivity index (χ0n) is 11.7. The molecular weight excluding hydrogens is 262 g/mol. The average Bonchev–Trinajstić information content (AvgIpc) is 2.54. The van der Waals surface area contributed by atoms with Gasteiger partial charge in [0.15, 0.2) is 5.78 Å². The summed E-state index contributed by atoms with van der Waals surface area (Å²) in [5, 5.41) is 3.06. The lowest BCUT2D eigenvalue weighted by Crippen LogP contribution is -2.29. The molecule has 0 unspecified atom stereocenters. The number of nitrogens with one attached hydrogen (secondary N) is 1. The first-order chi connectivity index (χ1) is 10.2. The first kappa shape index (κ1) is 13.3. The highest BCUT2D eigenvalue weighted by atomic mass is 16.1. The van der Waals surface area contributed by atoms with Gasteiger partial charge in [-0.15, -0.1) is 0 Å². The summed E-state index contributed by atoms with van der Waals surface area (Å²) in [6.45, 7) is 2.50. The number of likely N-dealkylation sites (N-methyl/N-ethyl adjacent to an activating group) is 1. The van der Waals surface area contributed by atoms with Crippen molar-refractivity contribution in [2.24, 2.45) is 0 Å². The van der Waals surface area contributed by atoms with Crippen molar-refractivity contribution in [3.05, 3.63) is 77.0 Å². The second-order valence-electron chi connectivity index (χ2n) is 4.85. The van der Waals surface area contributed by atoms with Crippen LogP contribution in [0.4, 0.5) is 0 Å². The maximum absolute atomic E-state index is 12.8. The maximum atomic E-state index is 12.8. The van der Waals surface area contributed by atoms with Gasteiger partial charge < -0.3 is 5.32 Å². The SMILES string of the molecule is CCNC1=C(c2ccccc2)C(=O)c2ccccc2C1=O. The van der Waals surface area contributed by atoms with Crippen LogP contribution in [0.2, 0.25) is 0 Å². The van der Waals surface area contributed by atoms with Gasteiger partial charge in [0.2, 0.25) is 5.78 Å². The zero-order chi connectivity index (χ0) is 14.8. The van der Waals surface area contributed by atoms with Crippen LogP contribution in [-0.2, 0) is 0 Å². The molecular formula is C18H15NO2. The molecule has 0 radical (unpaired) electrons. The largest absolute Gasteiger partial charge is 0.382 e. The molecule has 3 rings (SSSR count). The summed E-state index contributed by atoms with van der Waals surface area (Å²) in [5.74, 6) is -0.224. The molecule has 2 aromatic carbocycles. The van der Waals surface area contributed by atoms with Gasteiger partial charge in [-0.05, 0) is 12.5 Å². The van der Waals surface area contributed by atoms with E-state index in [9.17, 15) is 9.59 Å². The minimum Gasteiger partial charge on any atom is -0.382 e. The number of carbonyl (C=O) groups excluding carboxylic acids is 2. The smallest absolute Gasteiger partial charge is 0.210 e.